The highest BCUT2D eigenvalue weighted by Gasteiger charge is 2.28. The first-order chi connectivity index (χ1) is 18.2. The van der Waals surface area contributed by atoms with E-state index in [9.17, 15) is 4.79 Å². The number of amides is 1. The van der Waals surface area contributed by atoms with Crippen LogP contribution < -0.4 is 9.64 Å². The summed E-state index contributed by atoms with van der Waals surface area (Å²) in [7, 11) is 3.52. The molecule has 0 spiro atoms. The van der Waals surface area contributed by atoms with Crippen molar-refractivity contribution in [3.8, 4) is 17.0 Å². The number of rotatable bonds is 5. The number of aryl methyl sites for hydroxylation is 1. The third kappa shape index (κ3) is 4.76. The Hall–Kier alpha value is -4.84. The topological polar surface area (TPSA) is 89.6 Å². The lowest BCUT2D eigenvalue weighted by atomic mass is 10.1. The van der Waals surface area contributed by atoms with Crippen molar-refractivity contribution in [3.05, 3.63) is 77.9 Å². The molecule has 0 aliphatic rings. The highest BCUT2D eigenvalue weighted by atomic mass is 16.6. The molecule has 1 N–H and O–H groups in total. The van der Waals surface area contributed by atoms with Crippen molar-refractivity contribution in [2.24, 2.45) is 7.05 Å². The summed E-state index contributed by atoms with van der Waals surface area (Å²) in [5.74, 6) is 1.12. The van der Waals surface area contributed by atoms with E-state index in [1.54, 1.807) is 19.5 Å². The lowest BCUT2D eigenvalue weighted by Crippen LogP contribution is -2.37. The SMILES string of the molecule is [C-]#[N+]c1cccc(-c2cc3c(nc(N(Cc4ccc(OC)cc4)C(=O)OC(C)(C)C)c4ncn(C)c43)[nH]2)c1. The standard InChI is InChI=1S/C29H28N6O3/c1-29(2,3)38-28(36)35(16-18-10-12-21(37-6)13-11-18)27-24-25(34(5)17-31-24)22-15-23(32-26(22)33-27)19-8-7-9-20(14-19)30-4/h7-15,17H,16H2,1-3,5-6H3,(H,32,33). The summed E-state index contributed by atoms with van der Waals surface area (Å²) >= 11 is 0. The molecule has 0 atom stereocenters. The molecular weight excluding hydrogens is 480 g/mol. The van der Waals surface area contributed by atoms with Gasteiger partial charge in [0.2, 0.25) is 0 Å². The van der Waals surface area contributed by atoms with Gasteiger partial charge in [-0.25, -0.2) is 19.6 Å². The number of nitrogens with one attached hydrogen (secondary N) is 1. The van der Waals surface area contributed by atoms with Crippen LogP contribution in [0.5, 0.6) is 5.75 Å². The summed E-state index contributed by atoms with van der Waals surface area (Å²) in [6.45, 7) is 13.1. The Morgan fingerprint density at radius 1 is 1.16 bits per heavy atom. The minimum Gasteiger partial charge on any atom is -0.497 e. The quantitative estimate of drug-likeness (QED) is 0.270. The molecular formula is C29H28N6O3. The Kier molecular flexibility index (Phi) is 6.25. The Balaban J connectivity index is 1.68. The number of carbonyl (C=O) groups excluding carboxylic acids is 1. The molecule has 3 heterocycles. The van der Waals surface area contributed by atoms with E-state index in [0.717, 1.165) is 33.5 Å². The second kappa shape index (κ2) is 9.56. The van der Waals surface area contributed by atoms with E-state index in [0.29, 0.717) is 22.7 Å². The van der Waals surface area contributed by atoms with Crippen LogP contribution >= 0.6 is 0 Å². The molecule has 0 radical (unpaired) electrons. The number of benzene rings is 2. The van der Waals surface area contributed by atoms with E-state index >= 15 is 0 Å². The van der Waals surface area contributed by atoms with Gasteiger partial charge in [-0.15, -0.1) is 0 Å². The van der Waals surface area contributed by atoms with E-state index in [4.69, 9.17) is 21.0 Å². The van der Waals surface area contributed by atoms with Gasteiger partial charge in [-0.2, -0.15) is 0 Å². The van der Waals surface area contributed by atoms with Gasteiger partial charge >= 0.3 is 6.09 Å². The second-order valence-electron chi connectivity index (χ2n) is 10.0. The number of hydrogen-bond acceptors (Lipinski definition) is 5. The van der Waals surface area contributed by atoms with Crippen LogP contribution in [0.15, 0.2) is 60.9 Å². The molecule has 5 aromatic rings. The number of pyridine rings is 1. The average Bonchev–Trinajstić information content (AvgIpc) is 3.50. The normalized spacial score (nSPS) is 11.5. The van der Waals surface area contributed by atoms with Gasteiger partial charge in [0, 0.05) is 18.1 Å². The van der Waals surface area contributed by atoms with E-state index < -0.39 is 11.7 Å². The van der Waals surface area contributed by atoms with Crippen LogP contribution in [-0.4, -0.2) is 38.3 Å². The monoisotopic (exact) mass is 508 g/mol. The van der Waals surface area contributed by atoms with Crippen molar-refractivity contribution in [3.63, 3.8) is 0 Å². The zero-order valence-corrected chi connectivity index (χ0v) is 21.9. The van der Waals surface area contributed by atoms with Crippen LogP contribution in [0.25, 0.3) is 38.2 Å². The number of fused-ring (bicyclic) bond motifs is 3. The summed E-state index contributed by atoms with van der Waals surface area (Å²) < 4.78 is 13.0. The van der Waals surface area contributed by atoms with Crippen molar-refractivity contribution >= 4 is 39.7 Å². The van der Waals surface area contributed by atoms with Crippen molar-refractivity contribution in [1.82, 2.24) is 19.5 Å². The van der Waals surface area contributed by atoms with E-state index in [1.807, 2.05) is 80.9 Å². The third-order valence-electron chi connectivity index (χ3n) is 6.07. The first kappa shape index (κ1) is 24.8. The van der Waals surface area contributed by atoms with Gasteiger partial charge in [-0.3, -0.25) is 4.90 Å². The number of hydrogen-bond donors (Lipinski definition) is 1. The molecule has 5 rings (SSSR count). The number of H-pyrrole nitrogens is 1. The Labute approximate surface area is 220 Å². The summed E-state index contributed by atoms with van der Waals surface area (Å²) in [6.07, 6.45) is 1.19. The summed E-state index contributed by atoms with van der Waals surface area (Å²) in [4.78, 5) is 31.5. The number of aromatic nitrogens is 4. The number of ether oxygens (including phenoxy) is 2. The number of methoxy groups -OCH3 is 1. The van der Waals surface area contributed by atoms with Gasteiger partial charge in [0.15, 0.2) is 11.5 Å². The second-order valence-corrected chi connectivity index (χ2v) is 10.0. The van der Waals surface area contributed by atoms with Gasteiger partial charge in [0.1, 0.15) is 22.5 Å². The number of carbonyl (C=O) groups is 1. The van der Waals surface area contributed by atoms with E-state index in [2.05, 4.69) is 14.8 Å². The molecule has 1 amide bonds. The van der Waals surface area contributed by atoms with Gasteiger partial charge in [-0.1, -0.05) is 30.3 Å². The van der Waals surface area contributed by atoms with Gasteiger partial charge < -0.3 is 19.0 Å². The zero-order valence-electron chi connectivity index (χ0n) is 21.9. The maximum atomic E-state index is 13.5. The maximum absolute atomic E-state index is 13.5. The van der Waals surface area contributed by atoms with Crippen molar-refractivity contribution in [1.29, 1.82) is 0 Å². The molecule has 0 bridgehead atoms. The minimum absolute atomic E-state index is 0.226. The smallest absolute Gasteiger partial charge is 0.416 e. The van der Waals surface area contributed by atoms with Gasteiger partial charge in [0.05, 0.1) is 32.1 Å². The van der Waals surface area contributed by atoms with Crippen molar-refractivity contribution in [2.75, 3.05) is 12.0 Å². The molecule has 2 aromatic carbocycles. The molecule has 0 unspecified atom stereocenters. The van der Waals surface area contributed by atoms with Crippen LogP contribution in [0.4, 0.5) is 16.3 Å². The average molecular weight is 509 g/mol. The number of aromatic amines is 1. The summed E-state index contributed by atoms with van der Waals surface area (Å²) in [5.41, 5.74) is 4.43. The fourth-order valence-electron chi connectivity index (χ4n) is 4.33. The Morgan fingerprint density at radius 2 is 1.92 bits per heavy atom. The first-order valence-electron chi connectivity index (χ1n) is 12.1. The molecule has 0 saturated carbocycles. The number of nitrogens with zero attached hydrogens (tertiary/aromatic N) is 5. The summed E-state index contributed by atoms with van der Waals surface area (Å²) in [6, 6.07) is 16.9. The maximum Gasteiger partial charge on any atom is 0.416 e. The molecule has 9 nitrogen and oxygen atoms in total. The Morgan fingerprint density at radius 3 is 2.61 bits per heavy atom. The minimum atomic E-state index is -0.698. The predicted octanol–water partition coefficient (Wildman–Crippen LogP) is 6.62. The lowest BCUT2D eigenvalue weighted by Gasteiger charge is -2.27. The van der Waals surface area contributed by atoms with Crippen LogP contribution in [-0.2, 0) is 18.3 Å². The molecule has 0 saturated heterocycles. The van der Waals surface area contributed by atoms with Crippen LogP contribution in [0, 0.1) is 6.57 Å². The van der Waals surface area contributed by atoms with Crippen molar-refractivity contribution < 1.29 is 14.3 Å². The Bertz CT molecular complexity index is 1690. The summed E-state index contributed by atoms with van der Waals surface area (Å²) in [5, 5.41) is 0.862. The largest absolute Gasteiger partial charge is 0.497 e. The van der Waals surface area contributed by atoms with E-state index in [1.165, 1.54) is 4.90 Å². The third-order valence-corrected chi connectivity index (χ3v) is 6.07. The predicted molar refractivity (Wildman–Crippen MR) is 147 cm³/mol. The molecule has 192 valence electrons. The van der Waals surface area contributed by atoms with E-state index in [-0.39, 0.29) is 6.54 Å². The lowest BCUT2D eigenvalue weighted by molar-refractivity contribution is 0.0577. The molecule has 0 fully saturated rings. The molecule has 9 heteroatoms. The van der Waals surface area contributed by atoms with Crippen LogP contribution in [0.1, 0.15) is 26.3 Å². The molecule has 0 aliphatic heterocycles. The van der Waals surface area contributed by atoms with Crippen LogP contribution in [0.3, 0.4) is 0 Å². The van der Waals surface area contributed by atoms with Gasteiger partial charge in [0.25, 0.3) is 0 Å². The molecule has 0 aliphatic carbocycles. The molecule has 3 aromatic heterocycles. The highest BCUT2D eigenvalue weighted by Crippen LogP contribution is 2.35. The first-order valence-corrected chi connectivity index (χ1v) is 12.1. The van der Waals surface area contributed by atoms with Crippen LogP contribution in [0.2, 0.25) is 0 Å². The van der Waals surface area contributed by atoms with Crippen molar-refractivity contribution in [2.45, 2.75) is 32.9 Å². The fourth-order valence-corrected chi connectivity index (χ4v) is 4.33. The molecule has 38 heavy (non-hydrogen) atoms. The fraction of sp³-hybridized carbons (Fsp3) is 0.241. The zero-order chi connectivity index (χ0) is 27.0. The number of imidazole rings is 1. The van der Waals surface area contributed by atoms with Gasteiger partial charge in [-0.05, 0) is 56.2 Å². The number of anilines is 1. The highest BCUT2D eigenvalue weighted by molar-refractivity contribution is 6.10.